The molecule has 3 nitrogen and oxygen atoms in total. The van der Waals surface area contributed by atoms with Gasteiger partial charge in [0.05, 0.1) is 5.56 Å². The first-order valence-electron chi connectivity index (χ1n) is 11.2. The van der Waals surface area contributed by atoms with E-state index in [9.17, 15) is 13.2 Å². The fourth-order valence-corrected chi connectivity index (χ4v) is 4.03. The lowest BCUT2D eigenvalue weighted by Gasteiger charge is -2.31. The Morgan fingerprint density at radius 1 is 0.941 bits per heavy atom. The Hall–Kier alpha value is -3.25. The van der Waals surface area contributed by atoms with Gasteiger partial charge in [0, 0.05) is 24.7 Å². The lowest BCUT2D eigenvalue weighted by Crippen LogP contribution is -2.29. The van der Waals surface area contributed by atoms with Crippen molar-refractivity contribution in [2.75, 3.05) is 20.2 Å². The third-order valence-corrected chi connectivity index (χ3v) is 5.65. The molecule has 0 atom stereocenters. The number of fused-ring (bicyclic) bond motifs is 1. The van der Waals surface area contributed by atoms with E-state index in [1.165, 1.54) is 17.7 Å². The number of hydrogen-bond acceptors (Lipinski definition) is 3. The van der Waals surface area contributed by atoms with Gasteiger partial charge >= 0.3 is 6.18 Å². The van der Waals surface area contributed by atoms with Gasteiger partial charge in [0.15, 0.2) is 0 Å². The van der Waals surface area contributed by atoms with Crippen LogP contribution in [0.15, 0.2) is 78.9 Å². The molecule has 0 saturated heterocycles. The number of halogens is 3. The van der Waals surface area contributed by atoms with E-state index in [4.69, 9.17) is 9.47 Å². The van der Waals surface area contributed by atoms with Crippen LogP contribution in [0.2, 0.25) is 0 Å². The van der Waals surface area contributed by atoms with Gasteiger partial charge in [-0.2, -0.15) is 13.2 Å². The van der Waals surface area contributed by atoms with Crippen molar-refractivity contribution in [3.63, 3.8) is 0 Å². The Kier molecular flexibility index (Phi) is 6.71. The average molecular weight is 468 g/mol. The summed E-state index contributed by atoms with van der Waals surface area (Å²) in [5.74, 6) is 1.25. The molecule has 0 unspecified atom stereocenters. The summed E-state index contributed by atoms with van der Waals surface area (Å²) in [7, 11) is 2.04. The lowest BCUT2D eigenvalue weighted by molar-refractivity contribution is -0.137. The molecule has 1 aliphatic heterocycles. The molecule has 3 aromatic rings. The predicted octanol–water partition coefficient (Wildman–Crippen LogP) is 6.82. The van der Waals surface area contributed by atoms with Crippen LogP contribution in [-0.4, -0.2) is 30.7 Å². The highest BCUT2D eigenvalue weighted by Crippen LogP contribution is 2.42. The summed E-state index contributed by atoms with van der Waals surface area (Å²) in [5.41, 5.74) is 1.85. The third kappa shape index (κ3) is 5.81. The SMILES string of the molecule is CN(CCOc1ccc2c(c1)OC(C)(C)C=C2c1cccc(C(F)(F)F)c1)Cc1ccccc1. The quantitative estimate of drug-likeness (QED) is 0.381. The third-order valence-electron chi connectivity index (χ3n) is 5.65. The summed E-state index contributed by atoms with van der Waals surface area (Å²) in [6.45, 7) is 5.84. The topological polar surface area (TPSA) is 21.7 Å². The second-order valence-corrected chi connectivity index (χ2v) is 9.07. The smallest absolute Gasteiger partial charge is 0.416 e. The summed E-state index contributed by atoms with van der Waals surface area (Å²) in [6, 6.07) is 21.1. The van der Waals surface area contributed by atoms with Crippen molar-refractivity contribution >= 4 is 5.57 Å². The molecule has 0 radical (unpaired) electrons. The van der Waals surface area contributed by atoms with E-state index >= 15 is 0 Å². The van der Waals surface area contributed by atoms with Crippen molar-refractivity contribution in [1.82, 2.24) is 4.90 Å². The van der Waals surface area contributed by atoms with E-state index in [2.05, 4.69) is 17.0 Å². The molecule has 0 saturated carbocycles. The summed E-state index contributed by atoms with van der Waals surface area (Å²) >= 11 is 0. The Morgan fingerprint density at radius 2 is 1.71 bits per heavy atom. The van der Waals surface area contributed by atoms with E-state index in [-0.39, 0.29) is 0 Å². The Bertz CT molecular complexity index is 1170. The minimum absolute atomic E-state index is 0.502. The van der Waals surface area contributed by atoms with Gasteiger partial charge in [-0.3, -0.25) is 4.90 Å². The highest BCUT2D eigenvalue weighted by Gasteiger charge is 2.32. The van der Waals surface area contributed by atoms with Crippen LogP contribution >= 0.6 is 0 Å². The van der Waals surface area contributed by atoms with Gasteiger partial charge < -0.3 is 9.47 Å². The highest BCUT2D eigenvalue weighted by atomic mass is 19.4. The maximum Gasteiger partial charge on any atom is 0.416 e. The molecule has 0 aromatic heterocycles. The van der Waals surface area contributed by atoms with E-state index in [1.54, 1.807) is 6.07 Å². The van der Waals surface area contributed by atoms with Crippen molar-refractivity contribution in [2.24, 2.45) is 0 Å². The first-order valence-corrected chi connectivity index (χ1v) is 11.2. The van der Waals surface area contributed by atoms with Gasteiger partial charge in [-0.25, -0.2) is 0 Å². The number of alkyl halides is 3. The van der Waals surface area contributed by atoms with Crippen LogP contribution in [0.3, 0.4) is 0 Å². The van der Waals surface area contributed by atoms with Crippen molar-refractivity contribution in [3.8, 4) is 11.5 Å². The van der Waals surface area contributed by atoms with Gasteiger partial charge in [-0.15, -0.1) is 0 Å². The van der Waals surface area contributed by atoms with Gasteiger partial charge in [0.25, 0.3) is 0 Å². The first kappa shape index (κ1) is 23.9. The van der Waals surface area contributed by atoms with Crippen LogP contribution in [0.4, 0.5) is 13.2 Å². The molecule has 0 amide bonds. The Labute approximate surface area is 198 Å². The highest BCUT2D eigenvalue weighted by molar-refractivity contribution is 5.85. The zero-order valence-corrected chi connectivity index (χ0v) is 19.5. The van der Waals surface area contributed by atoms with Crippen molar-refractivity contribution in [3.05, 3.63) is 101 Å². The van der Waals surface area contributed by atoms with Gasteiger partial charge in [-0.05, 0) is 67.9 Å². The number of ether oxygens (including phenoxy) is 2. The van der Waals surface area contributed by atoms with Crippen LogP contribution in [-0.2, 0) is 12.7 Å². The monoisotopic (exact) mass is 467 g/mol. The largest absolute Gasteiger partial charge is 0.492 e. The molecule has 34 heavy (non-hydrogen) atoms. The number of benzene rings is 3. The van der Waals surface area contributed by atoms with E-state index in [0.29, 0.717) is 29.2 Å². The second-order valence-electron chi connectivity index (χ2n) is 9.07. The fraction of sp³-hybridized carbons (Fsp3) is 0.286. The van der Waals surface area contributed by atoms with Crippen LogP contribution in [0, 0.1) is 0 Å². The van der Waals surface area contributed by atoms with Gasteiger partial charge in [0.2, 0.25) is 0 Å². The minimum atomic E-state index is -4.40. The van der Waals surface area contributed by atoms with Crippen LogP contribution in [0.1, 0.15) is 36.1 Å². The number of nitrogens with zero attached hydrogens (tertiary/aromatic N) is 1. The Balaban J connectivity index is 1.49. The molecule has 1 aliphatic rings. The molecule has 0 fully saturated rings. The Morgan fingerprint density at radius 3 is 2.44 bits per heavy atom. The number of rotatable bonds is 7. The maximum atomic E-state index is 13.3. The summed E-state index contributed by atoms with van der Waals surface area (Å²) in [4.78, 5) is 2.18. The zero-order valence-electron chi connectivity index (χ0n) is 19.5. The number of hydrogen-bond donors (Lipinski definition) is 0. The zero-order chi connectivity index (χ0) is 24.3. The van der Waals surface area contributed by atoms with E-state index < -0.39 is 17.3 Å². The first-order chi connectivity index (χ1) is 16.1. The van der Waals surface area contributed by atoms with Crippen molar-refractivity contribution < 1.29 is 22.6 Å². The maximum absolute atomic E-state index is 13.3. The minimum Gasteiger partial charge on any atom is -0.492 e. The predicted molar refractivity (Wildman–Crippen MR) is 128 cm³/mol. The molecule has 3 aromatic carbocycles. The standard InChI is InChI=1S/C28H28F3NO2/c1-27(2)18-25(21-10-7-11-22(16-21)28(29,30)31)24-13-12-23(17-26(24)34-27)33-15-14-32(3)19-20-8-5-4-6-9-20/h4-13,16-18H,14-15,19H2,1-3H3. The molecular weight excluding hydrogens is 439 g/mol. The van der Waals surface area contributed by atoms with E-state index in [1.807, 2.05) is 63.4 Å². The fourth-order valence-electron chi connectivity index (χ4n) is 4.03. The van der Waals surface area contributed by atoms with Crippen LogP contribution in [0.25, 0.3) is 5.57 Å². The molecule has 0 bridgehead atoms. The second kappa shape index (κ2) is 9.55. The molecule has 0 spiro atoms. The van der Waals surface area contributed by atoms with Gasteiger partial charge in [0.1, 0.15) is 23.7 Å². The normalized spacial score (nSPS) is 14.9. The number of likely N-dealkylation sites (N-methyl/N-ethyl adjacent to an activating group) is 1. The summed E-state index contributed by atoms with van der Waals surface area (Å²) < 4.78 is 51.9. The molecule has 178 valence electrons. The summed E-state index contributed by atoms with van der Waals surface area (Å²) in [6.07, 6.45) is -2.53. The van der Waals surface area contributed by atoms with Crippen LogP contribution < -0.4 is 9.47 Å². The van der Waals surface area contributed by atoms with Crippen molar-refractivity contribution in [2.45, 2.75) is 32.2 Å². The molecule has 1 heterocycles. The van der Waals surface area contributed by atoms with Crippen LogP contribution in [0.5, 0.6) is 11.5 Å². The van der Waals surface area contributed by atoms with Gasteiger partial charge in [-0.1, -0.05) is 42.5 Å². The molecule has 6 heteroatoms. The van der Waals surface area contributed by atoms with E-state index in [0.717, 1.165) is 24.7 Å². The average Bonchev–Trinajstić information content (AvgIpc) is 2.78. The molecule has 0 N–H and O–H groups in total. The lowest BCUT2D eigenvalue weighted by atomic mass is 9.89. The summed E-state index contributed by atoms with van der Waals surface area (Å²) in [5, 5.41) is 0. The molecule has 0 aliphatic carbocycles. The molecule has 4 rings (SSSR count). The molecular formula is C28H28F3NO2. The van der Waals surface area contributed by atoms with Crippen molar-refractivity contribution in [1.29, 1.82) is 0 Å².